The molecule has 31 heavy (non-hydrogen) atoms. The van der Waals surface area contributed by atoms with Crippen molar-refractivity contribution < 1.29 is 17.9 Å². The number of sulfonamides is 1. The molecule has 0 saturated heterocycles. The number of carbonyl (C=O) groups excluding carboxylic acids is 1. The molecule has 1 amide bonds. The van der Waals surface area contributed by atoms with Crippen LogP contribution in [0.25, 0.3) is 0 Å². The molecule has 1 N–H and O–H groups in total. The quantitative estimate of drug-likeness (QED) is 0.634. The molecule has 0 saturated carbocycles. The summed E-state index contributed by atoms with van der Waals surface area (Å²) in [6.07, 6.45) is 6.61. The molecule has 1 atom stereocenters. The molecule has 6 nitrogen and oxygen atoms in total. The van der Waals surface area contributed by atoms with Gasteiger partial charge < -0.3 is 10.1 Å². The van der Waals surface area contributed by atoms with Gasteiger partial charge in [0, 0.05) is 0 Å². The maximum Gasteiger partial charge on any atom is 0.241 e. The fourth-order valence-corrected chi connectivity index (χ4v) is 4.71. The molecule has 0 fully saturated rings. The van der Waals surface area contributed by atoms with Gasteiger partial charge in [0.05, 0.1) is 24.6 Å². The van der Waals surface area contributed by atoms with Crippen molar-refractivity contribution in [1.29, 1.82) is 0 Å². The van der Waals surface area contributed by atoms with Gasteiger partial charge in [-0.2, -0.15) is 0 Å². The Morgan fingerprint density at radius 1 is 1.10 bits per heavy atom. The number of anilines is 1. The molecule has 0 bridgehead atoms. The Morgan fingerprint density at radius 2 is 1.77 bits per heavy atom. The third kappa shape index (κ3) is 6.23. The molecule has 0 aliphatic heterocycles. The Labute approximate surface area is 185 Å². The number of aryl methyl sites for hydroxylation is 2. The predicted molar refractivity (Wildman–Crippen MR) is 124 cm³/mol. The maximum absolute atomic E-state index is 12.7. The molecule has 1 aliphatic rings. The van der Waals surface area contributed by atoms with E-state index in [-0.39, 0.29) is 18.5 Å². The molecular formula is C24H32N2O4S. The van der Waals surface area contributed by atoms with Crippen LogP contribution in [0.2, 0.25) is 0 Å². The van der Waals surface area contributed by atoms with Crippen molar-refractivity contribution in [1.82, 2.24) is 5.32 Å². The minimum Gasteiger partial charge on any atom is -0.494 e. The fourth-order valence-electron chi connectivity index (χ4n) is 3.85. The predicted octanol–water partition coefficient (Wildman–Crippen LogP) is 4.00. The second-order valence-corrected chi connectivity index (χ2v) is 10.0. The molecule has 1 unspecified atom stereocenters. The van der Waals surface area contributed by atoms with Crippen LogP contribution in [0, 0.1) is 0 Å². The fraction of sp³-hybridized carbons (Fsp3) is 0.458. The van der Waals surface area contributed by atoms with E-state index in [1.807, 2.05) is 13.8 Å². The van der Waals surface area contributed by atoms with Gasteiger partial charge in [-0.1, -0.05) is 25.1 Å². The zero-order valence-corrected chi connectivity index (χ0v) is 19.4. The van der Waals surface area contributed by atoms with Gasteiger partial charge in [0.25, 0.3) is 0 Å². The molecule has 0 aromatic heterocycles. The van der Waals surface area contributed by atoms with E-state index in [0.29, 0.717) is 18.0 Å². The lowest BCUT2D eigenvalue weighted by Gasteiger charge is -2.24. The normalized spacial score (nSPS) is 14.4. The highest BCUT2D eigenvalue weighted by molar-refractivity contribution is 7.92. The van der Waals surface area contributed by atoms with Gasteiger partial charge in [-0.05, 0) is 80.0 Å². The Balaban J connectivity index is 1.68. The van der Waals surface area contributed by atoms with Crippen LogP contribution in [-0.4, -0.2) is 33.7 Å². The van der Waals surface area contributed by atoms with Crippen molar-refractivity contribution in [2.75, 3.05) is 23.7 Å². The zero-order chi connectivity index (χ0) is 22.4. The monoisotopic (exact) mass is 444 g/mol. The first kappa shape index (κ1) is 23.1. The number of amides is 1. The second kappa shape index (κ2) is 10.2. The number of nitrogens with one attached hydrogen (secondary N) is 1. The van der Waals surface area contributed by atoms with Crippen LogP contribution in [0.15, 0.2) is 42.5 Å². The Bertz CT molecular complexity index is 1000. The summed E-state index contributed by atoms with van der Waals surface area (Å²) in [6, 6.07) is 12.9. The second-order valence-electron chi connectivity index (χ2n) is 8.14. The van der Waals surface area contributed by atoms with E-state index in [9.17, 15) is 13.2 Å². The molecular weight excluding hydrogens is 412 g/mol. The minimum atomic E-state index is -3.62. The van der Waals surface area contributed by atoms with E-state index in [0.717, 1.165) is 35.4 Å². The van der Waals surface area contributed by atoms with E-state index in [4.69, 9.17) is 4.74 Å². The van der Waals surface area contributed by atoms with E-state index in [1.54, 1.807) is 24.3 Å². The summed E-state index contributed by atoms with van der Waals surface area (Å²) in [5, 5.41) is 2.94. The molecule has 0 radical (unpaired) electrons. The molecule has 2 aromatic carbocycles. The number of hydrogen-bond acceptors (Lipinski definition) is 4. The average molecular weight is 445 g/mol. The van der Waals surface area contributed by atoms with Crippen LogP contribution in [0.1, 0.15) is 55.8 Å². The van der Waals surface area contributed by atoms with Crippen LogP contribution < -0.4 is 14.4 Å². The molecule has 2 aromatic rings. The van der Waals surface area contributed by atoms with Gasteiger partial charge in [-0.15, -0.1) is 0 Å². The number of nitrogens with zero attached hydrogens (tertiary/aromatic N) is 1. The van der Waals surface area contributed by atoms with Crippen LogP contribution in [0.3, 0.4) is 0 Å². The number of carbonyl (C=O) groups is 1. The van der Waals surface area contributed by atoms with E-state index >= 15 is 0 Å². The highest BCUT2D eigenvalue weighted by atomic mass is 32.2. The topological polar surface area (TPSA) is 75.7 Å². The molecule has 7 heteroatoms. The minimum absolute atomic E-state index is 0.203. The SMILES string of the molecule is CCCOc1ccc(N(CC(=O)NC(C)c2ccc3c(c2)CCCC3)S(C)(=O)=O)cc1. The van der Waals surface area contributed by atoms with E-state index in [1.165, 1.54) is 24.0 Å². The van der Waals surface area contributed by atoms with E-state index < -0.39 is 10.0 Å². The standard InChI is InChI=1S/C24H32N2O4S/c1-4-15-30-23-13-11-22(12-14-23)26(31(3,28)29)17-24(27)25-18(2)20-10-9-19-7-5-6-8-21(19)16-20/h9-14,16,18H,4-8,15,17H2,1-3H3,(H,25,27). The van der Waals surface area contributed by atoms with Crippen LogP contribution in [-0.2, 0) is 27.7 Å². The van der Waals surface area contributed by atoms with Crippen molar-refractivity contribution in [3.05, 3.63) is 59.2 Å². The lowest BCUT2D eigenvalue weighted by atomic mass is 9.89. The smallest absolute Gasteiger partial charge is 0.241 e. The first-order valence-electron chi connectivity index (χ1n) is 10.9. The Hall–Kier alpha value is -2.54. The third-order valence-corrected chi connectivity index (χ3v) is 6.68. The highest BCUT2D eigenvalue weighted by Gasteiger charge is 2.22. The number of hydrogen-bond donors (Lipinski definition) is 1. The molecule has 3 rings (SSSR count). The summed E-state index contributed by atoms with van der Waals surface area (Å²) in [7, 11) is -3.62. The number of benzene rings is 2. The van der Waals surface area contributed by atoms with Gasteiger partial charge in [0.15, 0.2) is 0 Å². The van der Waals surface area contributed by atoms with Crippen molar-refractivity contribution in [3.63, 3.8) is 0 Å². The first-order valence-corrected chi connectivity index (χ1v) is 12.7. The van der Waals surface area contributed by atoms with Gasteiger partial charge in [-0.3, -0.25) is 9.10 Å². The summed E-state index contributed by atoms with van der Waals surface area (Å²) in [4.78, 5) is 12.7. The first-order chi connectivity index (χ1) is 14.8. The van der Waals surface area contributed by atoms with Gasteiger partial charge in [0.1, 0.15) is 12.3 Å². The molecule has 1 aliphatic carbocycles. The maximum atomic E-state index is 12.7. The summed E-state index contributed by atoms with van der Waals surface area (Å²) in [6.45, 7) is 4.26. The summed E-state index contributed by atoms with van der Waals surface area (Å²) < 4.78 is 31.4. The van der Waals surface area contributed by atoms with Crippen molar-refractivity contribution in [2.45, 2.75) is 52.0 Å². The molecule has 0 heterocycles. The Morgan fingerprint density at radius 3 is 2.42 bits per heavy atom. The summed E-state index contributed by atoms with van der Waals surface area (Å²) in [5.41, 5.74) is 4.22. The van der Waals surface area contributed by atoms with Gasteiger partial charge >= 0.3 is 0 Å². The average Bonchev–Trinajstić information content (AvgIpc) is 2.75. The largest absolute Gasteiger partial charge is 0.494 e. The van der Waals surface area contributed by atoms with Crippen molar-refractivity contribution in [2.24, 2.45) is 0 Å². The molecule has 168 valence electrons. The number of rotatable bonds is 9. The summed E-state index contributed by atoms with van der Waals surface area (Å²) in [5.74, 6) is 0.325. The van der Waals surface area contributed by atoms with Gasteiger partial charge in [0.2, 0.25) is 15.9 Å². The van der Waals surface area contributed by atoms with Gasteiger partial charge in [-0.25, -0.2) is 8.42 Å². The Kier molecular flexibility index (Phi) is 7.59. The zero-order valence-electron chi connectivity index (χ0n) is 18.6. The highest BCUT2D eigenvalue weighted by Crippen LogP contribution is 2.25. The van der Waals surface area contributed by atoms with Crippen LogP contribution >= 0.6 is 0 Å². The third-order valence-electron chi connectivity index (χ3n) is 5.54. The van der Waals surface area contributed by atoms with Crippen LogP contribution in [0.5, 0.6) is 5.75 Å². The molecule has 0 spiro atoms. The summed E-state index contributed by atoms with van der Waals surface area (Å²) >= 11 is 0. The van der Waals surface area contributed by atoms with Crippen molar-refractivity contribution >= 4 is 21.6 Å². The number of fused-ring (bicyclic) bond motifs is 1. The lowest BCUT2D eigenvalue weighted by Crippen LogP contribution is -2.41. The lowest BCUT2D eigenvalue weighted by molar-refractivity contribution is -0.120. The van der Waals surface area contributed by atoms with Crippen molar-refractivity contribution in [3.8, 4) is 5.75 Å². The van der Waals surface area contributed by atoms with Crippen LogP contribution in [0.4, 0.5) is 5.69 Å². The number of ether oxygens (including phenoxy) is 1. The van der Waals surface area contributed by atoms with E-state index in [2.05, 4.69) is 23.5 Å².